The molecule has 1 unspecified atom stereocenters. The number of unbranched alkanes of at least 4 members (excludes halogenated alkanes) is 3. The van der Waals surface area contributed by atoms with Gasteiger partial charge in [0.05, 0.1) is 0 Å². The Morgan fingerprint density at radius 2 is 2.18 bits per heavy atom. The molecule has 1 saturated carbocycles. The van der Waals surface area contributed by atoms with E-state index in [-0.39, 0.29) is 5.91 Å². The first-order chi connectivity index (χ1) is 8.24. The second-order valence-electron chi connectivity index (χ2n) is 5.10. The lowest BCUT2D eigenvalue weighted by molar-refractivity contribution is -0.121. The van der Waals surface area contributed by atoms with Crippen molar-refractivity contribution in [3.63, 3.8) is 0 Å². The van der Waals surface area contributed by atoms with Crippen molar-refractivity contribution in [3.8, 4) is 0 Å². The van der Waals surface area contributed by atoms with Gasteiger partial charge in [0.1, 0.15) is 0 Å². The SMILES string of the molecule is CCCCCCC(=O)NN=C1CCCCC1C. The Balaban J connectivity index is 2.19. The maximum absolute atomic E-state index is 11.5. The van der Waals surface area contributed by atoms with Crippen LogP contribution in [0.2, 0.25) is 0 Å². The van der Waals surface area contributed by atoms with E-state index in [0.29, 0.717) is 12.3 Å². The van der Waals surface area contributed by atoms with Gasteiger partial charge in [-0.05, 0) is 31.6 Å². The van der Waals surface area contributed by atoms with E-state index in [4.69, 9.17) is 0 Å². The summed E-state index contributed by atoms with van der Waals surface area (Å²) in [6.07, 6.45) is 9.96. The zero-order chi connectivity index (χ0) is 12.5. The van der Waals surface area contributed by atoms with E-state index in [2.05, 4.69) is 24.4 Å². The van der Waals surface area contributed by atoms with Gasteiger partial charge >= 0.3 is 0 Å². The van der Waals surface area contributed by atoms with Gasteiger partial charge in [0, 0.05) is 12.1 Å². The first-order valence-corrected chi connectivity index (χ1v) is 7.09. The quantitative estimate of drug-likeness (QED) is 0.557. The third kappa shape index (κ3) is 5.85. The van der Waals surface area contributed by atoms with Gasteiger partial charge in [0.2, 0.25) is 5.91 Å². The van der Waals surface area contributed by atoms with Crippen molar-refractivity contribution in [2.45, 2.75) is 71.6 Å². The fourth-order valence-electron chi connectivity index (χ4n) is 2.24. The number of hydrogen-bond donors (Lipinski definition) is 1. The molecule has 1 atom stereocenters. The van der Waals surface area contributed by atoms with E-state index in [0.717, 1.165) is 19.3 Å². The Morgan fingerprint density at radius 3 is 2.88 bits per heavy atom. The highest BCUT2D eigenvalue weighted by atomic mass is 16.2. The van der Waals surface area contributed by atoms with Crippen LogP contribution in [0.25, 0.3) is 0 Å². The molecule has 3 heteroatoms. The number of nitrogens with one attached hydrogen (secondary N) is 1. The van der Waals surface area contributed by atoms with Crippen molar-refractivity contribution in [2.24, 2.45) is 11.0 Å². The molecule has 3 nitrogen and oxygen atoms in total. The average Bonchev–Trinajstić information content (AvgIpc) is 2.34. The van der Waals surface area contributed by atoms with Crippen LogP contribution in [-0.4, -0.2) is 11.6 Å². The molecule has 0 aromatic heterocycles. The topological polar surface area (TPSA) is 41.5 Å². The van der Waals surface area contributed by atoms with Crippen LogP contribution in [0.15, 0.2) is 5.10 Å². The Labute approximate surface area is 105 Å². The molecule has 0 heterocycles. The highest BCUT2D eigenvalue weighted by Gasteiger charge is 2.15. The van der Waals surface area contributed by atoms with Gasteiger partial charge in [0.15, 0.2) is 0 Å². The van der Waals surface area contributed by atoms with Crippen molar-refractivity contribution in [2.75, 3.05) is 0 Å². The summed E-state index contributed by atoms with van der Waals surface area (Å²) in [6.45, 7) is 4.38. The standard InChI is InChI=1S/C14H26N2O/c1-3-4-5-6-11-14(17)16-15-13-10-8-7-9-12(13)2/h12H,3-11H2,1-2H3,(H,16,17). The van der Waals surface area contributed by atoms with Crippen molar-refractivity contribution < 1.29 is 4.79 Å². The molecule has 98 valence electrons. The Kier molecular flexibility index (Phi) is 6.90. The van der Waals surface area contributed by atoms with Crippen LogP contribution in [0.3, 0.4) is 0 Å². The minimum atomic E-state index is 0.0753. The van der Waals surface area contributed by atoms with Crippen LogP contribution < -0.4 is 5.43 Å². The number of rotatable bonds is 6. The zero-order valence-corrected chi connectivity index (χ0v) is 11.3. The van der Waals surface area contributed by atoms with Crippen molar-refractivity contribution in [1.29, 1.82) is 0 Å². The maximum atomic E-state index is 11.5. The molecule has 1 rings (SSSR count). The highest BCUT2D eigenvalue weighted by Crippen LogP contribution is 2.20. The molecule has 0 saturated heterocycles. The van der Waals surface area contributed by atoms with E-state index >= 15 is 0 Å². The molecule has 1 amide bonds. The summed E-state index contributed by atoms with van der Waals surface area (Å²) in [5.41, 5.74) is 3.89. The molecule has 0 aliphatic heterocycles. The number of amides is 1. The Morgan fingerprint density at radius 1 is 1.35 bits per heavy atom. The molecule has 0 aromatic carbocycles. The van der Waals surface area contributed by atoms with Crippen LogP contribution in [0.1, 0.15) is 71.6 Å². The Bertz CT molecular complexity index is 261. The minimum Gasteiger partial charge on any atom is -0.273 e. The van der Waals surface area contributed by atoms with E-state index in [9.17, 15) is 4.79 Å². The molecular formula is C14H26N2O. The molecule has 0 radical (unpaired) electrons. The Hall–Kier alpha value is -0.860. The first-order valence-electron chi connectivity index (χ1n) is 7.09. The third-order valence-electron chi connectivity index (χ3n) is 3.47. The normalized spacial score (nSPS) is 22.7. The van der Waals surface area contributed by atoms with Crippen molar-refractivity contribution >= 4 is 11.6 Å². The van der Waals surface area contributed by atoms with Gasteiger partial charge in [-0.1, -0.05) is 39.5 Å². The summed E-state index contributed by atoms with van der Waals surface area (Å²) in [5.74, 6) is 0.621. The van der Waals surface area contributed by atoms with E-state index in [1.54, 1.807) is 0 Å². The minimum absolute atomic E-state index is 0.0753. The molecule has 17 heavy (non-hydrogen) atoms. The van der Waals surface area contributed by atoms with Crippen LogP contribution in [0, 0.1) is 5.92 Å². The summed E-state index contributed by atoms with van der Waals surface area (Å²) in [6, 6.07) is 0. The number of hydrazone groups is 1. The van der Waals surface area contributed by atoms with Crippen molar-refractivity contribution in [1.82, 2.24) is 5.43 Å². The van der Waals surface area contributed by atoms with Gasteiger partial charge in [-0.2, -0.15) is 5.10 Å². The average molecular weight is 238 g/mol. The molecule has 0 bridgehead atoms. The van der Waals surface area contributed by atoms with Gasteiger partial charge in [-0.15, -0.1) is 0 Å². The molecule has 1 N–H and O–H groups in total. The largest absolute Gasteiger partial charge is 0.273 e. The third-order valence-corrected chi connectivity index (χ3v) is 3.47. The van der Waals surface area contributed by atoms with Crippen LogP contribution in [0.5, 0.6) is 0 Å². The van der Waals surface area contributed by atoms with Gasteiger partial charge < -0.3 is 0 Å². The molecule has 0 aromatic rings. The predicted octanol–water partition coefficient (Wildman–Crippen LogP) is 3.64. The number of carbonyl (C=O) groups is 1. The van der Waals surface area contributed by atoms with Crippen molar-refractivity contribution in [3.05, 3.63) is 0 Å². The fourth-order valence-corrected chi connectivity index (χ4v) is 2.24. The van der Waals surface area contributed by atoms with E-state index in [1.807, 2.05) is 0 Å². The highest BCUT2D eigenvalue weighted by molar-refractivity contribution is 5.88. The molecular weight excluding hydrogens is 212 g/mol. The van der Waals surface area contributed by atoms with Crippen LogP contribution in [-0.2, 0) is 4.79 Å². The first kappa shape index (κ1) is 14.2. The number of nitrogens with zero attached hydrogens (tertiary/aromatic N) is 1. The van der Waals surface area contributed by atoms with E-state index in [1.165, 1.54) is 37.8 Å². The van der Waals surface area contributed by atoms with Gasteiger partial charge in [-0.3, -0.25) is 4.79 Å². The second-order valence-corrected chi connectivity index (χ2v) is 5.10. The lowest BCUT2D eigenvalue weighted by Crippen LogP contribution is -2.24. The molecule has 1 aliphatic rings. The summed E-state index contributed by atoms with van der Waals surface area (Å²) >= 11 is 0. The summed E-state index contributed by atoms with van der Waals surface area (Å²) < 4.78 is 0. The summed E-state index contributed by atoms with van der Waals surface area (Å²) in [5, 5.41) is 4.28. The van der Waals surface area contributed by atoms with E-state index < -0.39 is 0 Å². The lowest BCUT2D eigenvalue weighted by atomic mass is 9.89. The number of hydrogen-bond acceptors (Lipinski definition) is 2. The van der Waals surface area contributed by atoms with Gasteiger partial charge in [-0.25, -0.2) is 5.43 Å². The monoisotopic (exact) mass is 238 g/mol. The number of carbonyl (C=O) groups excluding carboxylic acids is 1. The van der Waals surface area contributed by atoms with Crippen LogP contribution >= 0.6 is 0 Å². The lowest BCUT2D eigenvalue weighted by Gasteiger charge is -2.19. The summed E-state index contributed by atoms with van der Waals surface area (Å²) in [7, 11) is 0. The zero-order valence-electron chi connectivity index (χ0n) is 11.3. The second kappa shape index (κ2) is 8.26. The smallest absolute Gasteiger partial charge is 0.240 e. The molecule has 0 spiro atoms. The summed E-state index contributed by atoms with van der Waals surface area (Å²) in [4.78, 5) is 11.5. The predicted molar refractivity (Wildman–Crippen MR) is 72.0 cm³/mol. The van der Waals surface area contributed by atoms with Crippen LogP contribution in [0.4, 0.5) is 0 Å². The fraction of sp³-hybridized carbons (Fsp3) is 0.857. The van der Waals surface area contributed by atoms with Gasteiger partial charge in [0.25, 0.3) is 0 Å². The molecule has 1 fully saturated rings. The maximum Gasteiger partial charge on any atom is 0.240 e. The molecule has 1 aliphatic carbocycles.